The van der Waals surface area contributed by atoms with E-state index >= 15 is 0 Å². The molecule has 172 valence electrons. The molecular weight excluding hydrogens is 400 g/mol. The van der Waals surface area contributed by atoms with Crippen LogP contribution in [0.25, 0.3) is 0 Å². The summed E-state index contributed by atoms with van der Waals surface area (Å²) in [6.07, 6.45) is 6.77. The van der Waals surface area contributed by atoms with E-state index in [9.17, 15) is 9.59 Å². The minimum absolute atomic E-state index is 0.0767. The van der Waals surface area contributed by atoms with Gasteiger partial charge in [-0.25, -0.2) is 0 Å². The molecule has 6 heteroatoms. The average molecular weight is 437 g/mol. The SMILES string of the molecule is CC(C)(C)c1cc2n(n1)C[C@@](C)(C(=O)NC1CCCCCC1)N(Cc1ccccc1)C2=O. The summed E-state index contributed by atoms with van der Waals surface area (Å²) >= 11 is 0. The number of amides is 2. The Kier molecular flexibility index (Phi) is 6.15. The van der Waals surface area contributed by atoms with Gasteiger partial charge >= 0.3 is 0 Å². The third kappa shape index (κ3) is 4.45. The smallest absolute Gasteiger partial charge is 0.273 e. The first kappa shape index (κ1) is 22.6. The third-order valence-electron chi connectivity index (χ3n) is 6.93. The molecule has 1 atom stereocenters. The number of carbonyl (C=O) groups excluding carboxylic acids is 2. The second-order valence-corrected chi connectivity index (χ2v) is 10.6. The summed E-state index contributed by atoms with van der Waals surface area (Å²) in [5.41, 5.74) is 1.26. The minimum atomic E-state index is -1.01. The fourth-order valence-electron chi connectivity index (χ4n) is 4.79. The van der Waals surface area contributed by atoms with E-state index in [4.69, 9.17) is 5.10 Å². The number of nitrogens with zero attached hydrogens (tertiary/aromatic N) is 3. The lowest BCUT2D eigenvalue weighted by Crippen LogP contribution is -2.64. The Morgan fingerprint density at radius 1 is 1.12 bits per heavy atom. The highest BCUT2D eigenvalue weighted by atomic mass is 16.2. The first-order valence-corrected chi connectivity index (χ1v) is 11.9. The van der Waals surface area contributed by atoms with Gasteiger partial charge in [-0.1, -0.05) is 76.8 Å². The van der Waals surface area contributed by atoms with Crippen molar-refractivity contribution in [3.63, 3.8) is 0 Å². The van der Waals surface area contributed by atoms with E-state index in [2.05, 4.69) is 26.1 Å². The molecule has 1 aliphatic heterocycles. The van der Waals surface area contributed by atoms with Crippen molar-refractivity contribution < 1.29 is 9.59 Å². The van der Waals surface area contributed by atoms with Crippen LogP contribution >= 0.6 is 0 Å². The van der Waals surface area contributed by atoms with Crippen molar-refractivity contribution in [2.75, 3.05) is 0 Å². The molecule has 0 bridgehead atoms. The van der Waals surface area contributed by atoms with Crippen molar-refractivity contribution in [2.45, 2.75) is 96.3 Å². The highest BCUT2D eigenvalue weighted by Gasteiger charge is 2.48. The number of hydrogen-bond donors (Lipinski definition) is 1. The van der Waals surface area contributed by atoms with Crippen LogP contribution in [-0.2, 0) is 23.3 Å². The number of aromatic nitrogens is 2. The van der Waals surface area contributed by atoms with Gasteiger partial charge in [-0.05, 0) is 31.4 Å². The van der Waals surface area contributed by atoms with Gasteiger partial charge in [0.05, 0.1) is 12.2 Å². The van der Waals surface area contributed by atoms with Crippen LogP contribution in [-0.4, -0.2) is 38.1 Å². The van der Waals surface area contributed by atoms with Crippen molar-refractivity contribution in [1.82, 2.24) is 20.0 Å². The third-order valence-corrected chi connectivity index (χ3v) is 6.93. The zero-order valence-corrected chi connectivity index (χ0v) is 19.9. The van der Waals surface area contributed by atoms with Gasteiger partial charge in [0.15, 0.2) is 0 Å². The second kappa shape index (κ2) is 8.72. The van der Waals surface area contributed by atoms with Gasteiger partial charge in [0, 0.05) is 18.0 Å². The molecule has 0 spiro atoms. The van der Waals surface area contributed by atoms with Gasteiger partial charge in [-0.2, -0.15) is 5.10 Å². The number of carbonyl (C=O) groups is 2. The summed E-state index contributed by atoms with van der Waals surface area (Å²) in [5.74, 6) is -0.214. The van der Waals surface area contributed by atoms with E-state index in [-0.39, 0.29) is 23.3 Å². The number of hydrogen-bond acceptors (Lipinski definition) is 3. The number of fused-ring (bicyclic) bond motifs is 1. The standard InChI is InChI=1S/C26H36N4O2/c1-25(2,3)22-16-21-23(31)29(17-19-12-8-7-9-13-19)26(4,18-30(21)28-22)24(32)27-20-14-10-5-6-11-15-20/h7-9,12-13,16,20H,5-6,10-11,14-15,17-18H2,1-4H3,(H,27,32)/t26-/m0/s1. The lowest BCUT2D eigenvalue weighted by Gasteiger charge is -2.44. The molecule has 4 rings (SSSR count). The van der Waals surface area contributed by atoms with Crippen LogP contribution in [0.2, 0.25) is 0 Å². The van der Waals surface area contributed by atoms with Crippen LogP contribution in [0.5, 0.6) is 0 Å². The molecule has 6 nitrogen and oxygen atoms in total. The average Bonchev–Trinajstić information content (AvgIpc) is 3.02. The zero-order chi connectivity index (χ0) is 22.9. The Morgan fingerprint density at radius 2 is 1.78 bits per heavy atom. The van der Waals surface area contributed by atoms with E-state index in [1.807, 2.05) is 43.3 Å². The Morgan fingerprint density at radius 3 is 2.41 bits per heavy atom. The molecule has 1 aromatic heterocycles. The molecule has 2 amide bonds. The molecule has 1 fully saturated rings. The quantitative estimate of drug-likeness (QED) is 0.721. The highest BCUT2D eigenvalue weighted by molar-refractivity contribution is 5.99. The van der Waals surface area contributed by atoms with Crippen LogP contribution in [0, 0.1) is 0 Å². The fourth-order valence-corrected chi connectivity index (χ4v) is 4.79. The maximum atomic E-state index is 13.7. The maximum Gasteiger partial charge on any atom is 0.273 e. The van der Waals surface area contributed by atoms with Gasteiger partial charge in [0.2, 0.25) is 5.91 Å². The van der Waals surface area contributed by atoms with Crippen LogP contribution in [0.4, 0.5) is 0 Å². The second-order valence-electron chi connectivity index (χ2n) is 10.6. The Hall–Kier alpha value is -2.63. The number of benzene rings is 1. The van der Waals surface area contributed by atoms with E-state index in [0.29, 0.717) is 18.8 Å². The molecule has 1 aliphatic carbocycles. The van der Waals surface area contributed by atoms with Crippen molar-refractivity contribution in [1.29, 1.82) is 0 Å². The number of nitrogens with one attached hydrogen (secondary N) is 1. The van der Waals surface area contributed by atoms with Crippen LogP contribution < -0.4 is 5.32 Å². The molecule has 0 saturated heterocycles. The molecule has 2 heterocycles. The van der Waals surface area contributed by atoms with Gasteiger partial charge in [0.25, 0.3) is 5.91 Å². The summed E-state index contributed by atoms with van der Waals surface area (Å²) in [7, 11) is 0. The van der Waals surface area contributed by atoms with Crippen molar-refractivity contribution in [3.8, 4) is 0 Å². The van der Waals surface area contributed by atoms with Crippen molar-refractivity contribution in [2.24, 2.45) is 0 Å². The molecule has 32 heavy (non-hydrogen) atoms. The predicted molar refractivity (Wildman–Crippen MR) is 125 cm³/mol. The molecular formula is C26H36N4O2. The summed E-state index contributed by atoms with van der Waals surface area (Å²) in [5, 5.41) is 8.04. The van der Waals surface area contributed by atoms with Gasteiger partial charge in [0.1, 0.15) is 11.2 Å². The summed E-state index contributed by atoms with van der Waals surface area (Å²) < 4.78 is 1.75. The Labute approximate surface area is 191 Å². The predicted octanol–water partition coefficient (Wildman–Crippen LogP) is 4.43. The molecule has 0 unspecified atom stereocenters. The highest BCUT2D eigenvalue weighted by Crippen LogP contribution is 2.32. The topological polar surface area (TPSA) is 67.2 Å². The minimum Gasteiger partial charge on any atom is -0.351 e. The van der Waals surface area contributed by atoms with E-state index < -0.39 is 5.54 Å². The van der Waals surface area contributed by atoms with E-state index in [1.165, 1.54) is 12.8 Å². The summed E-state index contributed by atoms with van der Waals surface area (Å²) in [6, 6.07) is 12.0. The molecule has 2 aliphatic rings. The van der Waals surface area contributed by atoms with E-state index in [0.717, 1.165) is 36.9 Å². The first-order chi connectivity index (χ1) is 15.2. The maximum absolute atomic E-state index is 13.7. The molecule has 0 radical (unpaired) electrons. The van der Waals surface area contributed by atoms with Crippen LogP contribution in [0.1, 0.15) is 88.0 Å². The van der Waals surface area contributed by atoms with Crippen molar-refractivity contribution >= 4 is 11.8 Å². The first-order valence-electron chi connectivity index (χ1n) is 11.9. The van der Waals surface area contributed by atoms with Crippen molar-refractivity contribution in [3.05, 3.63) is 53.3 Å². The lowest BCUT2D eigenvalue weighted by molar-refractivity contribution is -0.134. The van der Waals surface area contributed by atoms with Gasteiger partial charge in [-0.15, -0.1) is 0 Å². The molecule has 1 N–H and O–H groups in total. The number of rotatable bonds is 4. The van der Waals surface area contributed by atoms with Crippen LogP contribution in [0.15, 0.2) is 36.4 Å². The van der Waals surface area contributed by atoms with E-state index in [1.54, 1.807) is 9.58 Å². The molecule has 1 saturated carbocycles. The van der Waals surface area contributed by atoms with Crippen LogP contribution in [0.3, 0.4) is 0 Å². The fraction of sp³-hybridized carbons (Fsp3) is 0.577. The largest absolute Gasteiger partial charge is 0.351 e. The summed E-state index contributed by atoms with van der Waals surface area (Å²) in [4.78, 5) is 29.2. The lowest BCUT2D eigenvalue weighted by atomic mass is 9.91. The van der Waals surface area contributed by atoms with Gasteiger partial charge in [-0.3, -0.25) is 14.3 Å². The molecule has 1 aromatic carbocycles. The molecule has 2 aromatic rings. The zero-order valence-electron chi connectivity index (χ0n) is 19.9. The Bertz CT molecular complexity index is 967. The Balaban J connectivity index is 1.68. The van der Waals surface area contributed by atoms with Gasteiger partial charge < -0.3 is 10.2 Å². The summed E-state index contributed by atoms with van der Waals surface area (Å²) in [6.45, 7) is 8.91. The monoisotopic (exact) mass is 436 g/mol. The normalized spacial score (nSPS) is 22.4.